The predicted molar refractivity (Wildman–Crippen MR) is 126 cm³/mol. The molecule has 1 aliphatic heterocycles. The molecule has 2 fully saturated rings. The number of halogens is 1. The third kappa shape index (κ3) is 4.57. The van der Waals surface area contributed by atoms with Crippen molar-refractivity contribution in [2.24, 2.45) is 5.41 Å². The van der Waals surface area contributed by atoms with Crippen LogP contribution in [0.25, 0.3) is 0 Å². The molecule has 1 atom stereocenters. The van der Waals surface area contributed by atoms with Crippen molar-refractivity contribution in [3.63, 3.8) is 0 Å². The van der Waals surface area contributed by atoms with Gasteiger partial charge in [-0.2, -0.15) is 0 Å². The summed E-state index contributed by atoms with van der Waals surface area (Å²) in [6.07, 6.45) is 4.09. The molecule has 0 aromatic heterocycles. The number of carbonyl (C=O) groups excluding carboxylic acids is 2. The van der Waals surface area contributed by atoms with Crippen LogP contribution in [0.4, 0.5) is 9.18 Å². The Bertz CT molecular complexity index is 985. The van der Waals surface area contributed by atoms with E-state index in [4.69, 9.17) is 9.99 Å². The third-order valence-electron chi connectivity index (χ3n) is 7.02. The number of ether oxygens (including phenoxy) is 1. The second-order valence-electron chi connectivity index (χ2n) is 10.2. The van der Waals surface area contributed by atoms with Gasteiger partial charge in [0.2, 0.25) is 0 Å². The van der Waals surface area contributed by atoms with Crippen LogP contribution >= 0.6 is 0 Å². The minimum atomic E-state index is -1.14. The van der Waals surface area contributed by atoms with Gasteiger partial charge in [0, 0.05) is 18.1 Å². The van der Waals surface area contributed by atoms with Gasteiger partial charge in [-0.05, 0) is 83.1 Å². The van der Waals surface area contributed by atoms with Crippen LogP contribution in [-0.2, 0) is 26.4 Å². The van der Waals surface area contributed by atoms with Gasteiger partial charge in [0.05, 0.1) is 18.2 Å². The van der Waals surface area contributed by atoms with Gasteiger partial charge in [0.15, 0.2) is 5.54 Å². The summed E-state index contributed by atoms with van der Waals surface area (Å²) in [7, 11) is 1.71. The smallest absolute Gasteiger partial charge is 0.325 e. The lowest BCUT2D eigenvalue weighted by Gasteiger charge is -2.46. The predicted octanol–water partition coefficient (Wildman–Crippen LogP) is 4.18. The summed E-state index contributed by atoms with van der Waals surface area (Å²) in [4.78, 5) is 31.2. The summed E-state index contributed by atoms with van der Waals surface area (Å²) in [6, 6.07) is 5.41. The highest BCUT2D eigenvalue weighted by molar-refractivity contribution is 6.09. The van der Waals surface area contributed by atoms with Gasteiger partial charge in [-0.25, -0.2) is 14.1 Å². The van der Waals surface area contributed by atoms with E-state index in [1.165, 1.54) is 0 Å². The number of nitrogens with one attached hydrogen (secondary N) is 1. The molecule has 1 saturated heterocycles. The number of hydrogen-bond donors (Lipinski definition) is 2. The van der Waals surface area contributed by atoms with Crippen molar-refractivity contribution in [2.45, 2.75) is 77.0 Å². The van der Waals surface area contributed by atoms with E-state index in [2.05, 4.69) is 22.0 Å². The lowest BCUT2D eigenvalue weighted by atomic mass is 9.61. The third-order valence-corrected chi connectivity index (χ3v) is 7.02. The Hall–Kier alpha value is -2.47. The molecular formula is C26H35FN2O5. The van der Waals surface area contributed by atoms with Crippen molar-refractivity contribution >= 4 is 11.9 Å². The number of benzene rings is 1. The molecule has 34 heavy (non-hydrogen) atoms. The topological polar surface area (TPSA) is 88.1 Å². The molecule has 2 aliphatic carbocycles. The van der Waals surface area contributed by atoms with Crippen LogP contribution in [0.1, 0.15) is 70.1 Å². The highest BCUT2D eigenvalue weighted by Gasteiger charge is 2.68. The molecular weight excluding hydrogens is 439 g/mol. The second-order valence-corrected chi connectivity index (χ2v) is 10.2. The van der Waals surface area contributed by atoms with Crippen molar-refractivity contribution in [2.75, 3.05) is 20.3 Å². The molecule has 2 spiro atoms. The fourth-order valence-electron chi connectivity index (χ4n) is 5.42. The van der Waals surface area contributed by atoms with Gasteiger partial charge in [-0.15, -0.1) is 5.92 Å². The zero-order chi connectivity index (χ0) is 25.1. The molecule has 7 nitrogen and oxygen atoms in total. The highest BCUT2D eigenvalue weighted by atomic mass is 19.1. The Labute approximate surface area is 200 Å². The number of urea groups is 1. The molecule has 1 aromatic carbocycles. The van der Waals surface area contributed by atoms with Gasteiger partial charge < -0.3 is 10.1 Å². The first-order valence-corrected chi connectivity index (χ1v) is 11.7. The number of imide groups is 1. The number of methoxy groups -OCH3 is 1. The summed E-state index contributed by atoms with van der Waals surface area (Å²) >= 11 is 0. The molecule has 1 heterocycles. The number of amides is 3. The van der Waals surface area contributed by atoms with Gasteiger partial charge in [0.1, 0.15) is 6.67 Å². The molecule has 4 rings (SSSR count). The van der Waals surface area contributed by atoms with Gasteiger partial charge in [-0.1, -0.05) is 12.0 Å². The fraction of sp³-hybridized carbons (Fsp3) is 0.615. The Kier molecular flexibility index (Phi) is 7.71. The fourth-order valence-corrected chi connectivity index (χ4v) is 5.42. The van der Waals surface area contributed by atoms with E-state index in [1.807, 2.05) is 18.2 Å². The lowest BCUT2D eigenvalue weighted by Crippen LogP contribution is -2.56. The number of rotatable bonds is 3. The molecule has 3 aliphatic rings. The maximum Gasteiger partial charge on any atom is 0.325 e. The van der Waals surface area contributed by atoms with Crippen LogP contribution in [0, 0.1) is 17.3 Å². The van der Waals surface area contributed by atoms with E-state index in [0.29, 0.717) is 6.42 Å². The minimum Gasteiger partial charge on any atom is -0.381 e. The summed E-state index contributed by atoms with van der Waals surface area (Å²) in [6.45, 7) is 6.12. The van der Waals surface area contributed by atoms with Crippen molar-refractivity contribution in [3.8, 4) is 11.8 Å². The molecule has 1 saturated carbocycles. The first kappa shape index (κ1) is 26.1. The first-order chi connectivity index (χ1) is 16.1. The zero-order valence-electron chi connectivity index (χ0n) is 20.7. The van der Waals surface area contributed by atoms with Crippen LogP contribution in [0.15, 0.2) is 18.2 Å². The Morgan fingerprint density at radius 3 is 2.44 bits per heavy atom. The van der Waals surface area contributed by atoms with Crippen molar-refractivity contribution in [3.05, 3.63) is 34.9 Å². The molecule has 3 amide bonds. The summed E-state index contributed by atoms with van der Waals surface area (Å²) < 4.78 is 18.6. The summed E-state index contributed by atoms with van der Waals surface area (Å²) in [5, 5.41) is 10.9. The molecule has 1 unspecified atom stereocenters. The number of nitrogens with zero attached hydrogens (tertiary/aromatic N) is 1. The van der Waals surface area contributed by atoms with Crippen molar-refractivity contribution < 1.29 is 28.9 Å². The monoisotopic (exact) mass is 474 g/mol. The zero-order valence-corrected chi connectivity index (χ0v) is 20.7. The summed E-state index contributed by atoms with van der Waals surface area (Å²) in [5.41, 5.74) is 0.741. The van der Waals surface area contributed by atoms with E-state index < -0.39 is 29.3 Å². The number of alkyl halides is 1. The minimum absolute atomic E-state index is 0.169. The van der Waals surface area contributed by atoms with Gasteiger partial charge >= 0.3 is 6.03 Å². The highest BCUT2D eigenvalue weighted by Crippen LogP contribution is 2.60. The quantitative estimate of drug-likeness (QED) is 0.297. The van der Waals surface area contributed by atoms with Crippen molar-refractivity contribution in [1.82, 2.24) is 10.2 Å². The van der Waals surface area contributed by atoms with Crippen LogP contribution in [-0.4, -0.2) is 54.1 Å². The van der Waals surface area contributed by atoms with E-state index in [-0.39, 0.29) is 18.6 Å². The Morgan fingerprint density at radius 2 is 1.91 bits per heavy atom. The molecule has 2 N–H and O–H groups in total. The SMILES string of the molecule is CC#Cc1ccc2c(c1)C1(NC(=O)N(CCF)C1=O)C1(CCC(OC)CC1)C2.CC(C)(C)OO. The number of hydrogen-bond acceptors (Lipinski definition) is 5. The number of carbonyl (C=O) groups is 2. The number of fused-ring (bicyclic) bond motifs is 3. The maximum absolute atomic E-state index is 13.6. The van der Waals surface area contributed by atoms with E-state index >= 15 is 0 Å². The van der Waals surface area contributed by atoms with E-state index in [0.717, 1.165) is 47.3 Å². The first-order valence-electron chi connectivity index (χ1n) is 11.7. The van der Waals surface area contributed by atoms with Crippen LogP contribution < -0.4 is 5.32 Å². The van der Waals surface area contributed by atoms with Crippen LogP contribution in [0.3, 0.4) is 0 Å². The Morgan fingerprint density at radius 1 is 1.26 bits per heavy atom. The maximum atomic E-state index is 13.6. The summed E-state index contributed by atoms with van der Waals surface area (Å²) in [5.74, 6) is 5.61. The largest absolute Gasteiger partial charge is 0.381 e. The van der Waals surface area contributed by atoms with Crippen LogP contribution in [0.2, 0.25) is 0 Å². The van der Waals surface area contributed by atoms with Crippen LogP contribution in [0.5, 0.6) is 0 Å². The van der Waals surface area contributed by atoms with Crippen molar-refractivity contribution in [1.29, 1.82) is 0 Å². The van der Waals surface area contributed by atoms with Gasteiger partial charge in [-0.3, -0.25) is 15.0 Å². The van der Waals surface area contributed by atoms with E-state index in [9.17, 15) is 14.0 Å². The normalized spacial score (nSPS) is 27.7. The Balaban J connectivity index is 0.000000481. The molecule has 0 radical (unpaired) electrons. The average molecular weight is 475 g/mol. The lowest BCUT2D eigenvalue weighted by molar-refractivity contribution is -0.306. The molecule has 0 bridgehead atoms. The molecule has 1 aromatic rings. The van der Waals surface area contributed by atoms with Gasteiger partial charge in [0.25, 0.3) is 5.91 Å². The van der Waals surface area contributed by atoms with E-state index in [1.54, 1.807) is 34.8 Å². The molecule has 186 valence electrons. The molecule has 8 heteroatoms. The average Bonchev–Trinajstić information content (AvgIpc) is 3.21. The second kappa shape index (κ2) is 10.0. The standard InChI is InChI=1S/C22H25FN2O3.C4H10O2/c1-3-4-15-5-6-16-14-21(9-7-17(28-2)8-10-21)22(18(16)13-15)19(26)25(12-11-23)20(27)24-22;1-4(2,3)6-5/h5-6,13,17H,7-12,14H2,1-2H3,(H,24,27);5H,1-3H3.